The van der Waals surface area contributed by atoms with Crippen LogP contribution < -0.4 is 5.32 Å². The maximum Gasteiger partial charge on any atom is 0.218 e. The van der Waals surface area contributed by atoms with E-state index in [0.29, 0.717) is 36.8 Å². The molecule has 0 aromatic heterocycles. The number of nitrogens with zero attached hydrogens (tertiary/aromatic N) is 1. The lowest BCUT2D eigenvalue weighted by Gasteiger charge is -2.26. The molecule has 1 N–H and O–H groups in total. The third kappa shape index (κ3) is 3.83. The number of nitrogens with one attached hydrogen (secondary N) is 1. The van der Waals surface area contributed by atoms with Crippen LogP contribution in [0.15, 0.2) is 24.3 Å². The van der Waals surface area contributed by atoms with Gasteiger partial charge in [0.1, 0.15) is 0 Å². The average molecular weight is 311 g/mol. The van der Waals surface area contributed by atoms with E-state index in [-0.39, 0.29) is 18.2 Å². The lowest BCUT2D eigenvalue weighted by molar-refractivity contribution is 0.360. The second-order valence-electron chi connectivity index (χ2n) is 4.00. The molecule has 0 unspecified atom stereocenters. The highest BCUT2D eigenvalue weighted by Crippen LogP contribution is 2.19. The van der Waals surface area contributed by atoms with Crippen molar-refractivity contribution in [3.63, 3.8) is 0 Å². The molecule has 1 fully saturated rings. The molecule has 0 saturated carbocycles. The fourth-order valence-corrected chi connectivity index (χ4v) is 3.67. The first-order valence-electron chi connectivity index (χ1n) is 5.51. The van der Waals surface area contributed by atoms with Crippen molar-refractivity contribution >= 4 is 34.0 Å². The monoisotopic (exact) mass is 310 g/mol. The van der Waals surface area contributed by atoms with E-state index >= 15 is 0 Å². The van der Waals surface area contributed by atoms with Gasteiger partial charge >= 0.3 is 0 Å². The SMILES string of the molecule is Cl.O=S(=O)(Cc1ccccc1Cl)N1CCNCC1. The predicted octanol–water partition coefficient (Wildman–Crippen LogP) is 1.50. The van der Waals surface area contributed by atoms with Crippen molar-refractivity contribution in [2.45, 2.75) is 5.75 Å². The molecular formula is C11H16Cl2N2O2S. The summed E-state index contributed by atoms with van der Waals surface area (Å²) in [6, 6.07) is 7.06. The summed E-state index contributed by atoms with van der Waals surface area (Å²) in [5.74, 6) is -0.0212. The second-order valence-corrected chi connectivity index (χ2v) is 6.37. The van der Waals surface area contributed by atoms with Crippen LogP contribution >= 0.6 is 24.0 Å². The molecule has 0 bridgehead atoms. The molecule has 1 aromatic rings. The third-order valence-electron chi connectivity index (χ3n) is 2.77. The maximum absolute atomic E-state index is 12.1. The summed E-state index contributed by atoms with van der Waals surface area (Å²) in [4.78, 5) is 0. The van der Waals surface area contributed by atoms with E-state index in [1.54, 1.807) is 24.3 Å². The number of piperazine rings is 1. The standard InChI is InChI=1S/C11H15ClN2O2S.ClH/c12-11-4-2-1-3-10(11)9-17(15,16)14-7-5-13-6-8-14;/h1-4,13H,5-9H2;1H. The predicted molar refractivity (Wildman–Crippen MR) is 75.8 cm³/mol. The van der Waals surface area contributed by atoms with Crippen LogP contribution in [0.5, 0.6) is 0 Å². The van der Waals surface area contributed by atoms with E-state index in [2.05, 4.69) is 5.32 Å². The summed E-state index contributed by atoms with van der Waals surface area (Å²) >= 11 is 5.97. The van der Waals surface area contributed by atoms with Crippen LogP contribution in [0, 0.1) is 0 Å². The molecule has 1 aliphatic rings. The molecule has 0 spiro atoms. The van der Waals surface area contributed by atoms with E-state index in [1.165, 1.54) is 4.31 Å². The molecule has 0 atom stereocenters. The Morgan fingerprint density at radius 1 is 1.22 bits per heavy atom. The summed E-state index contributed by atoms with van der Waals surface area (Å²) in [7, 11) is -3.25. The van der Waals surface area contributed by atoms with E-state index in [9.17, 15) is 8.42 Å². The lowest BCUT2D eigenvalue weighted by atomic mass is 10.2. The van der Waals surface area contributed by atoms with Crippen LogP contribution in [-0.4, -0.2) is 38.9 Å². The highest BCUT2D eigenvalue weighted by molar-refractivity contribution is 7.88. The van der Waals surface area contributed by atoms with Crippen molar-refractivity contribution in [1.82, 2.24) is 9.62 Å². The Hall–Kier alpha value is -0.330. The van der Waals surface area contributed by atoms with Crippen molar-refractivity contribution < 1.29 is 8.42 Å². The quantitative estimate of drug-likeness (QED) is 0.920. The number of halogens is 2. The molecule has 102 valence electrons. The number of benzene rings is 1. The van der Waals surface area contributed by atoms with Gasteiger partial charge in [-0.25, -0.2) is 8.42 Å². The normalized spacial score (nSPS) is 17.2. The van der Waals surface area contributed by atoms with Crippen LogP contribution in [-0.2, 0) is 15.8 Å². The Kier molecular flexibility index (Phi) is 5.88. The minimum Gasteiger partial charge on any atom is -0.314 e. The first-order valence-corrected chi connectivity index (χ1v) is 7.50. The highest BCUT2D eigenvalue weighted by atomic mass is 35.5. The van der Waals surface area contributed by atoms with Gasteiger partial charge in [0.2, 0.25) is 10.0 Å². The Morgan fingerprint density at radius 2 is 1.83 bits per heavy atom. The molecular weight excluding hydrogens is 295 g/mol. The molecule has 18 heavy (non-hydrogen) atoms. The van der Waals surface area contributed by atoms with Gasteiger partial charge in [0.05, 0.1) is 5.75 Å². The van der Waals surface area contributed by atoms with E-state index < -0.39 is 10.0 Å². The Balaban J connectivity index is 0.00000162. The Morgan fingerprint density at radius 3 is 2.44 bits per heavy atom. The van der Waals surface area contributed by atoms with Crippen molar-refractivity contribution in [1.29, 1.82) is 0 Å². The number of sulfonamides is 1. The minimum atomic E-state index is -3.25. The molecule has 1 heterocycles. The van der Waals surface area contributed by atoms with E-state index in [1.807, 2.05) is 0 Å². The van der Waals surface area contributed by atoms with Crippen molar-refractivity contribution in [2.24, 2.45) is 0 Å². The fourth-order valence-electron chi connectivity index (χ4n) is 1.83. The van der Waals surface area contributed by atoms with Gasteiger partial charge in [-0.1, -0.05) is 29.8 Å². The fraction of sp³-hybridized carbons (Fsp3) is 0.455. The van der Waals surface area contributed by atoms with Crippen LogP contribution in [0.3, 0.4) is 0 Å². The first-order chi connectivity index (χ1) is 8.09. The number of hydrogen-bond acceptors (Lipinski definition) is 3. The zero-order valence-electron chi connectivity index (χ0n) is 9.80. The van der Waals surface area contributed by atoms with E-state index in [0.717, 1.165) is 0 Å². The summed E-state index contributed by atoms with van der Waals surface area (Å²) < 4.78 is 25.8. The van der Waals surface area contributed by atoms with Crippen LogP contribution in [0.1, 0.15) is 5.56 Å². The Bertz CT molecular complexity index is 488. The topological polar surface area (TPSA) is 49.4 Å². The maximum atomic E-state index is 12.1. The summed E-state index contributed by atoms with van der Waals surface area (Å²) in [6.45, 7) is 2.49. The largest absolute Gasteiger partial charge is 0.314 e. The molecule has 0 radical (unpaired) electrons. The highest BCUT2D eigenvalue weighted by Gasteiger charge is 2.24. The average Bonchev–Trinajstić information content (AvgIpc) is 2.33. The smallest absolute Gasteiger partial charge is 0.218 e. The van der Waals surface area contributed by atoms with E-state index in [4.69, 9.17) is 11.6 Å². The zero-order chi connectivity index (χ0) is 12.3. The van der Waals surface area contributed by atoms with Gasteiger partial charge in [0.15, 0.2) is 0 Å². The van der Waals surface area contributed by atoms with Crippen LogP contribution in [0.2, 0.25) is 5.02 Å². The molecule has 1 aromatic carbocycles. The molecule has 0 aliphatic carbocycles. The number of hydrogen-bond donors (Lipinski definition) is 1. The molecule has 7 heteroatoms. The molecule has 2 rings (SSSR count). The van der Waals surface area contributed by atoms with Crippen molar-refractivity contribution in [3.05, 3.63) is 34.9 Å². The molecule has 1 aliphatic heterocycles. The molecule has 0 amide bonds. The van der Waals surface area contributed by atoms with Gasteiger partial charge < -0.3 is 5.32 Å². The zero-order valence-corrected chi connectivity index (χ0v) is 12.2. The summed E-state index contributed by atoms with van der Waals surface area (Å²) in [5, 5.41) is 3.64. The van der Waals surface area contributed by atoms with Crippen LogP contribution in [0.25, 0.3) is 0 Å². The van der Waals surface area contributed by atoms with Crippen LogP contribution in [0.4, 0.5) is 0 Å². The lowest BCUT2D eigenvalue weighted by Crippen LogP contribution is -2.46. The summed E-state index contributed by atoms with van der Waals surface area (Å²) in [6.07, 6.45) is 0. The van der Waals surface area contributed by atoms with Gasteiger partial charge in [-0.3, -0.25) is 0 Å². The van der Waals surface area contributed by atoms with Gasteiger partial charge in [-0.2, -0.15) is 4.31 Å². The molecule has 1 saturated heterocycles. The first kappa shape index (κ1) is 15.7. The second kappa shape index (κ2) is 6.73. The molecule has 4 nitrogen and oxygen atoms in total. The summed E-state index contributed by atoms with van der Waals surface area (Å²) in [5.41, 5.74) is 0.660. The van der Waals surface area contributed by atoms with Gasteiger partial charge in [0, 0.05) is 31.2 Å². The minimum absolute atomic E-state index is 0. The number of rotatable bonds is 3. The third-order valence-corrected chi connectivity index (χ3v) is 4.96. The van der Waals surface area contributed by atoms with Gasteiger partial charge in [-0.05, 0) is 11.6 Å². The Labute approximate surface area is 119 Å². The van der Waals surface area contributed by atoms with Gasteiger partial charge in [0.25, 0.3) is 0 Å². The van der Waals surface area contributed by atoms with Gasteiger partial charge in [-0.15, -0.1) is 12.4 Å². The van der Waals surface area contributed by atoms with Crippen molar-refractivity contribution in [3.8, 4) is 0 Å². The van der Waals surface area contributed by atoms with Crippen molar-refractivity contribution in [2.75, 3.05) is 26.2 Å².